The van der Waals surface area contributed by atoms with Crippen LogP contribution in [0.25, 0.3) is 0 Å². The van der Waals surface area contributed by atoms with E-state index in [1.807, 2.05) is 0 Å². The molecule has 5 nitrogen and oxygen atoms in total. The van der Waals surface area contributed by atoms with Gasteiger partial charge >= 0.3 is 0 Å². The fourth-order valence-electron chi connectivity index (χ4n) is 7.84. The Morgan fingerprint density at radius 3 is 0.873 bits per heavy atom. The molecule has 2 N–H and O–H groups in total. The molecular formula is C50H102O5. The molecule has 0 heterocycles. The Balaban J connectivity index is 4.10. The van der Waals surface area contributed by atoms with Crippen LogP contribution in [-0.2, 0) is 14.2 Å². The zero-order valence-corrected chi connectivity index (χ0v) is 38.0. The minimum Gasteiger partial charge on any atom is -0.391 e. The van der Waals surface area contributed by atoms with Crippen molar-refractivity contribution >= 4 is 0 Å². The quantitative estimate of drug-likeness (QED) is 0.0602. The highest BCUT2D eigenvalue weighted by molar-refractivity contribution is 4.63. The van der Waals surface area contributed by atoms with Crippen molar-refractivity contribution in [3.8, 4) is 0 Å². The summed E-state index contributed by atoms with van der Waals surface area (Å²) >= 11 is 0. The van der Waals surface area contributed by atoms with E-state index in [9.17, 15) is 10.2 Å². The average Bonchev–Trinajstić information content (AvgIpc) is 3.19. The van der Waals surface area contributed by atoms with Gasteiger partial charge in [0.1, 0.15) is 0 Å². The van der Waals surface area contributed by atoms with Gasteiger partial charge in [-0.1, -0.05) is 252 Å². The summed E-state index contributed by atoms with van der Waals surface area (Å²) in [6.07, 6.45) is 50.2. The fourth-order valence-corrected chi connectivity index (χ4v) is 7.84. The van der Waals surface area contributed by atoms with Crippen LogP contribution in [-0.4, -0.2) is 61.6 Å². The van der Waals surface area contributed by atoms with Gasteiger partial charge in [-0.25, -0.2) is 0 Å². The highest BCUT2D eigenvalue weighted by Crippen LogP contribution is 2.17. The van der Waals surface area contributed by atoms with Crippen molar-refractivity contribution in [1.29, 1.82) is 0 Å². The third kappa shape index (κ3) is 46.4. The summed E-state index contributed by atoms with van der Waals surface area (Å²) in [4.78, 5) is 0. The lowest BCUT2D eigenvalue weighted by Crippen LogP contribution is -2.26. The van der Waals surface area contributed by atoms with E-state index in [2.05, 4.69) is 20.8 Å². The van der Waals surface area contributed by atoms with Crippen LogP contribution in [0.5, 0.6) is 0 Å². The van der Waals surface area contributed by atoms with Gasteiger partial charge in [-0.05, 0) is 19.3 Å². The van der Waals surface area contributed by atoms with E-state index in [0.717, 1.165) is 38.5 Å². The summed E-state index contributed by atoms with van der Waals surface area (Å²) in [5.74, 6) is 0. The first-order valence-corrected chi connectivity index (χ1v) is 25.3. The lowest BCUT2D eigenvalue weighted by molar-refractivity contribution is -0.0647. The molecule has 0 aliphatic rings. The Hall–Kier alpha value is -0.200. The van der Waals surface area contributed by atoms with Crippen molar-refractivity contribution in [3.63, 3.8) is 0 Å². The lowest BCUT2D eigenvalue weighted by atomic mass is 10.0. The molecule has 3 atom stereocenters. The molecule has 0 aliphatic carbocycles. The van der Waals surface area contributed by atoms with Crippen LogP contribution in [0.15, 0.2) is 0 Å². The zero-order chi connectivity index (χ0) is 40.0. The molecule has 0 amide bonds. The summed E-state index contributed by atoms with van der Waals surface area (Å²) < 4.78 is 18.0. The van der Waals surface area contributed by atoms with Crippen LogP contribution < -0.4 is 0 Å². The van der Waals surface area contributed by atoms with Gasteiger partial charge < -0.3 is 24.4 Å². The van der Waals surface area contributed by atoms with Crippen molar-refractivity contribution < 1.29 is 24.4 Å². The molecular weight excluding hydrogens is 681 g/mol. The Morgan fingerprint density at radius 2 is 0.545 bits per heavy atom. The first kappa shape index (κ1) is 54.8. The van der Waals surface area contributed by atoms with Gasteiger partial charge in [0.25, 0.3) is 0 Å². The number of rotatable bonds is 49. The van der Waals surface area contributed by atoms with Crippen LogP contribution in [0, 0.1) is 0 Å². The molecule has 0 aliphatic heterocycles. The Labute approximate surface area is 346 Å². The Bertz CT molecular complexity index is 675. The van der Waals surface area contributed by atoms with Gasteiger partial charge in [0.05, 0.1) is 51.3 Å². The minimum atomic E-state index is -0.387. The van der Waals surface area contributed by atoms with E-state index >= 15 is 0 Å². The van der Waals surface area contributed by atoms with Gasteiger partial charge in [-0.2, -0.15) is 0 Å². The maximum absolute atomic E-state index is 10.7. The second-order valence-corrected chi connectivity index (χ2v) is 17.4. The molecule has 5 heteroatoms. The van der Waals surface area contributed by atoms with E-state index in [4.69, 9.17) is 14.2 Å². The molecule has 0 radical (unpaired) electrons. The molecule has 0 saturated carbocycles. The standard InChI is InChI=1S/C50H102O5/c1-4-7-10-13-16-19-22-25-28-31-34-37-40-48(51)45-53-43-44-54-47-50(42-39-36-33-30-27-24-21-18-15-12-9-6-3)55-46-49(52)41-38-35-32-29-26-23-20-17-14-11-8-5-2/h48-52H,4-47H2,1-3H3. The molecule has 3 unspecified atom stereocenters. The predicted octanol–water partition coefficient (Wildman–Crippen LogP) is 15.4. The smallest absolute Gasteiger partial charge is 0.0809 e. The van der Waals surface area contributed by atoms with Crippen molar-refractivity contribution in [1.82, 2.24) is 0 Å². The number of aliphatic hydroxyl groups is 2. The van der Waals surface area contributed by atoms with Crippen LogP contribution >= 0.6 is 0 Å². The maximum atomic E-state index is 10.7. The molecule has 0 spiro atoms. The summed E-state index contributed by atoms with van der Waals surface area (Å²) in [6, 6.07) is 0. The topological polar surface area (TPSA) is 68.2 Å². The fraction of sp³-hybridized carbons (Fsp3) is 1.00. The van der Waals surface area contributed by atoms with Gasteiger partial charge in [0.15, 0.2) is 0 Å². The highest BCUT2D eigenvalue weighted by Gasteiger charge is 2.13. The highest BCUT2D eigenvalue weighted by atomic mass is 16.6. The molecule has 0 rings (SSSR count). The van der Waals surface area contributed by atoms with E-state index < -0.39 is 0 Å². The first-order valence-electron chi connectivity index (χ1n) is 25.3. The van der Waals surface area contributed by atoms with Gasteiger partial charge in [-0.3, -0.25) is 0 Å². The molecule has 0 aromatic rings. The molecule has 0 bridgehead atoms. The second kappa shape index (κ2) is 48.2. The lowest BCUT2D eigenvalue weighted by Gasteiger charge is -2.20. The SMILES string of the molecule is CCCCCCCCCCCCCCC(O)COCCOCC(CCCCCCCCCCCCCC)OCC(O)CCCCCCCCCCCCCC. The third-order valence-corrected chi connectivity index (χ3v) is 11.7. The number of hydrogen-bond donors (Lipinski definition) is 2. The summed E-state index contributed by atoms with van der Waals surface area (Å²) in [6.45, 7) is 9.23. The summed E-state index contributed by atoms with van der Waals surface area (Å²) in [7, 11) is 0. The molecule has 0 saturated heterocycles. The Morgan fingerprint density at radius 1 is 0.291 bits per heavy atom. The van der Waals surface area contributed by atoms with Crippen molar-refractivity contribution in [2.24, 2.45) is 0 Å². The molecule has 55 heavy (non-hydrogen) atoms. The number of hydrogen-bond acceptors (Lipinski definition) is 5. The predicted molar refractivity (Wildman–Crippen MR) is 240 cm³/mol. The van der Waals surface area contributed by atoms with Gasteiger partial charge in [0, 0.05) is 0 Å². The summed E-state index contributed by atoms with van der Waals surface area (Å²) in [5.41, 5.74) is 0. The Kier molecular flexibility index (Phi) is 48.0. The zero-order valence-electron chi connectivity index (χ0n) is 38.0. The van der Waals surface area contributed by atoms with E-state index in [0.29, 0.717) is 33.0 Å². The normalized spacial score (nSPS) is 13.5. The first-order chi connectivity index (χ1) is 27.1. The van der Waals surface area contributed by atoms with Crippen molar-refractivity contribution in [3.05, 3.63) is 0 Å². The average molecular weight is 783 g/mol. The van der Waals surface area contributed by atoms with E-state index in [1.165, 1.54) is 212 Å². The third-order valence-electron chi connectivity index (χ3n) is 11.7. The second-order valence-electron chi connectivity index (χ2n) is 17.4. The van der Waals surface area contributed by atoms with Crippen LogP contribution in [0.4, 0.5) is 0 Å². The van der Waals surface area contributed by atoms with Crippen molar-refractivity contribution in [2.45, 2.75) is 289 Å². The summed E-state index contributed by atoms with van der Waals surface area (Å²) in [5, 5.41) is 21.1. The number of aliphatic hydroxyl groups excluding tert-OH is 2. The number of ether oxygens (including phenoxy) is 3. The monoisotopic (exact) mass is 783 g/mol. The maximum Gasteiger partial charge on any atom is 0.0809 e. The van der Waals surface area contributed by atoms with E-state index in [1.54, 1.807) is 0 Å². The van der Waals surface area contributed by atoms with Crippen LogP contribution in [0.2, 0.25) is 0 Å². The molecule has 0 fully saturated rings. The minimum absolute atomic E-state index is 0.0242. The molecule has 332 valence electrons. The van der Waals surface area contributed by atoms with Crippen LogP contribution in [0.1, 0.15) is 271 Å². The largest absolute Gasteiger partial charge is 0.391 e. The van der Waals surface area contributed by atoms with Crippen LogP contribution in [0.3, 0.4) is 0 Å². The number of unbranched alkanes of at least 4 members (excludes halogenated alkanes) is 33. The van der Waals surface area contributed by atoms with Gasteiger partial charge in [0.2, 0.25) is 0 Å². The molecule has 0 aromatic carbocycles. The van der Waals surface area contributed by atoms with Gasteiger partial charge in [-0.15, -0.1) is 0 Å². The van der Waals surface area contributed by atoms with Crippen molar-refractivity contribution in [2.75, 3.05) is 33.0 Å². The molecule has 0 aromatic heterocycles. The van der Waals surface area contributed by atoms with E-state index in [-0.39, 0.29) is 18.3 Å².